The molecule has 0 aromatic heterocycles. The first-order chi connectivity index (χ1) is 26.6. The molecule has 0 unspecified atom stereocenters. The number of rotatable bonds is 17. The number of hydrogen-bond donors (Lipinski definition) is 2. The van der Waals surface area contributed by atoms with Gasteiger partial charge in [0.15, 0.2) is 0 Å². The van der Waals surface area contributed by atoms with E-state index in [1.165, 1.54) is 6.92 Å². The Morgan fingerprint density at radius 2 is 1.00 bits per heavy atom. The molecule has 0 aliphatic heterocycles. The van der Waals surface area contributed by atoms with Crippen LogP contribution in [0.1, 0.15) is 44.7 Å². The van der Waals surface area contributed by atoms with E-state index in [0.29, 0.717) is 48.9 Å². The second kappa shape index (κ2) is 19.2. The highest BCUT2D eigenvalue weighted by molar-refractivity contribution is 6.32. The molecular formula is C43H47N3O9. The molecule has 1 aliphatic rings. The summed E-state index contributed by atoms with van der Waals surface area (Å²) in [5.41, 5.74) is 1.55. The van der Waals surface area contributed by atoms with Gasteiger partial charge in [0.05, 0.1) is 30.4 Å². The minimum absolute atomic E-state index is 0.0759. The molecule has 0 radical (unpaired) electrons. The molecule has 3 amide bonds. The van der Waals surface area contributed by atoms with E-state index in [0.717, 1.165) is 11.1 Å². The summed E-state index contributed by atoms with van der Waals surface area (Å²) in [4.78, 5) is 70.3. The van der Waals surface area contributed by atoms with E-state index < -0.39 is 53.5 Å². The molecule has 4 aromatic rings. The minimum Gasteiger partial charge on any atom is -0.481 e. The van der Waals surface area contributed by atoms with E-state index in [9.17, 15) is 29.1 Å². The van der Waals surface area contributed by atoms with Crippen molar-refractivity contribution in [2.45, 2.75) is 52.7 Å². The van der Waals surface area contributed by atoms with Crippen LogP contribution < -0.4 is 14.8 Å². The summed E-state index contributed by atoms with van der Waals surface area (Å²) in [7, 11) is 0. The molecule has 4 aromatic carbocycles. The van der Waals surface area contributed by atoms with Crippen molar-refractivity contribution in [3.8, 4) is 23.0 Å². The Hall–Kier alpha value is -6.17. The zero-order chi connectivity index (χ0) is 39.3. The van der Waals surface area contributed by atoms with Crippen molar-refractivity contribution in [1.29, 1.82) is 0 Å². The van der Waals surface area contributed by atoms with E-state index in [4.69, 9.17) is 14.2 Å². The molecule has 288 valence electrons. The van der Waals surface area contributed by atoms with E-state index >= 15 is 0 Å². The first kappa shape index (κ1) is 40.0. The molecule has 12 nitrogen and oxygen atoms in total. The van der Waals surface area contributed by atoms with Crippen LogP contribution in [0.3, 0.4) is 0 Å². The minimum atomic E-state index is -1.47. The topological polar surface area (TPSA) is 152 Å². The lowest BCUT2D eigenvalue weighted by Gasteiger charge is -2.50. The number of carboxylic acid groups (broad SMARTS) is 1. The number of carboxylic acids is 1. The van der Waals surface area contributed by atoms with Crippen LogP contribution in [0.5, 0.6) is 23.0 Å². The van der Waals surface area contributed by atoms with E-state index in [2.05, 4.69) is 5.32 Å². The van der Waals surface area contributed by atoms with Crippen LogP contribution in [-0.2, 0) is 41.8 Å². The molecule has 1 fully saturated rings. The van der Waals surface area contributed by atoms with Crippen molar-refractivity contribution < 1.29 is 43.3 Å². The average molecular weight is 750 g/mol. The number of aliphatic carboxylic acids is 1. The average Bonchev–Trinajstić information content (AvgIpc) is 3.17. The van der Waals surface area contributed by atoms with Crippen LogP contribution in [0.4, 0.5) is 0 Å². The van der Waals surface area contributed by atoms with Crippen molar-refractivity contribution in [2.24, 2.45) is 17.8 Å². The predicted octanol–water partition coefficient (Wildman–Crippen LogP) is 6.44. The summed E-state index contributed by atoms with van der Waals surface area (Å²) < 4.78 is 16.7. The molecule has 0 saturated heterocycles. The number of amides is 3. The molecule has 0 bridgehead atoms. The summed E-state index contributed by atoms with van der Waals surface area (Å²) in [6, 6.07) is 31.8. The maximum atomic E-state index is 14.6. The molecule has 5 rings (SSSR count). The molecule has 1 saturated carbocycles. The van der Waals surface area contributed by atoms with Crippen molar-refractivity contribution >= 4 is 29.7 Å². The maximum Gasteiger partial charge on any atom is 0.396 e. The third-order valence-corrected chi connectivity index (χ3v) is 9.32. The Bertz CT molecular complexity index is 1900. The van der Waals surface area contributed by atoms with Crippen LogP contribution >= 0.6 is 0 Å². The summed E-state index contributed by atoms with van der Waals surface area (Å²) in [5, 5.41) is 12.9. The Balaban J connectivity index is 1.40. The van der Waals surface area contributed by atoms with Gasteiger partial charge in [-0.1, -0.05) is 74.5 Å². The largest absolute Gasteiger partial charge is 0.481 e. The summed E-state index contributed by atoms with van der Waals surface area (Å²) in [5.74, 6) is -6.28. The summed E-state index contributed by atoms with van der Waals surface area (Å²) in [6.45, 7) is 6.15. The molecule has 12 heteroatoms. The zero-order valence-corrected chi connectivity index (χ0v) is 31.3. The van der Waals surface area contributed by atoms with Gasteiger partial charge in [-0.05, 0) is 79.4 Å². The van der Waals surface area contributed by atoms with Gasteiger partial charge in [0, 0.05) is 26.2 Å². The first-order valence-corrected chi connectivity index (χ1v) is 18.5. The van der Waals surface area contributed by atoms with Crippen molar-refractivity contribution in [3.05, 3.63) is 120 Å². The number of nitrogens with zero attached hydrogens (tertiary/aromatic N) is 2. The van der Waals surface area contributed by atoms with Gasteiger partial charge >= 0.3 is 17.8 Å². The van der Waals surface area contributed by atoms with Crippen molar-refractivity contribution in [2.75, 3.05) is 19.7 Å². The number of carbonyl (C=O) groups excluding carboxylic acids is 4. The fourth-order valence-corrected chi connectivity index (χ4v) is 6.77. The van der Waals surface area contributed by atoms with Crippen LogP contribution in [0.25, 0.3) is 0 Å². The predicted molar refractivity (Wildman–Crippen MR) is 204 cm³/mol. The van der Waals surface area contributed by atoms with Crippen LogP contribution in [0.15, 0.2) is 109 Å². The lowest BCUT2D eigenvalue weighted by atomic mass is 9.59. The number of ether oxygens (including phenoxy) is 3. The van der Waals surface area contributed by atoms with Crippen LogP contribution in [0, 0.1) is 17.8 Å². The highest BCUT2D eigenvalue weighted by atomic mass is 16.5. The standard InChI is InChI=1S/C43H47N3O9/c1-4-25-45(27-29-17-21-33(22-18-29)54-31-13-9-7-10-14-31)40(48)35-36(38(37(35)42(50)51)44-39(47)43(52)53-6-3)41(49)46(26-5-2)28-30-19-23-34(24-20-30)55-32-15-11-8-12-16-32/h7-24,35-38H,4-6,25-28H2,1-3H3,(H,44,47)(H,50,51)/t35-,36-,37-,38-/m1/s1. The van der Waals surface area contributed by atoms with Gasteiger partial charge in [0.2, 0.25) is 11.8 Å². The first-order valence-electron chi connectivity index (χ1n) is 18.5. The Kier molecular flexibility index (Phi) is 14.0. The van der Waals surface area contributed by atoms with Crippen molar-refractivity contribution in [1.82, 2.24) is 15.1 Å². The van der Waals surface area contributed by atoms with Gasteiger partial charge in [-0.15, -0.1) is 0 Å². The number of para-hydroxylation sites is 2. The highest BCUT2D eigenvalue weighted by Gasteiger charge is 2.62. The van der Waals surface area contributed by atoms with E-state index in [-0.39, 0.29) is 19.7 Å². The monoisotopic (exact) mass is 749 g/mol. The molecule has 4 atom stereocenters. The van der Waals surface area contributed by atoms with E-state index in [1.54, 1.807) is 34.1 Å². The number of esters is 1. The lowest BCUT2D eigenvalue weighted by molar-refractivity contribution is -0.175. The van der Waals surface area contributed by atoms with Gasteiger partial charge in [-0.3, -0.25) is 19.2 Å². The van der Waals surface area contributed by atoms with Gasteiger partial charge in [0.25, 0.3) is 0 Å². The van der Waals surface area contributed by atoms with E-state index in [1.807, 2.05) is 98.8 Å². The molecule has 2 N–H and O–H groups in total. The zero-order valence-electron chi connectivity index (χ0n) is 31.3. The van der Waals surface area contributed by atoms with Gasteiger partial charge in [-0.2, -0.15) is 0 Å². The number of hydrogen-bond acceptors (Lipinski definition) is 8. The number of nitrogens with one attached hydrogen (secondary N) is 1. The Morgan fingerprint density at radius 3 is 1.40 bits per heavy atom. The van der Waals surface area contributed by atoms with Crippen molar-refractivity contribution in [3.63, 3.8) is 0 Å². The number of carbonyl (C=O) groups is 5. The Labute approximate surface area is 321 Å². The summed E-state index contributed by atoms with van der Waals surface area (Å²) >= 11 is 0. The SMILES string of the molecule is CCCN(Cc1ccc(Oc2ccccc2)cc1)C(=O)[C@H]1[C@@H](C(=O)O)[C@H](NC(=O)C(=O)OCC)[C@@H]1C(=O)N(CCC)Cc1ccc(Oc2ccccc2)cc1. The fraction of sp³-hybridized carbons (Fsp3) is 0.326. The normalized spacial score (nSPS) is 17.2. The molecular weight excluding hydrogens is 702 g/mol. The summed E-state index contributed by atoms with van der Waals surface area (Å²) in [6.07, 6.45) is 1.14. The second-order valence-electron chi connectivity index (χ2n) is 13.3. The van der Waals surface area contributed by atoms with Gasteiger partial charge < -0.3 is 34.4 Å². The number of benzene rings is 4. The van der Waals surface area contributed by atoms with Gasteiger partial charge in [-0.25, -0.2) is 4.79 Å². The molecule has 55 heavy (non-hydrogen) atoms. The third kappa shape index (κ3) is 10.3. The lowest BCUT2D eigenvalue weighted by Crippen LogP contribution is -2.70. The van der Waals surface area contributed by atoms with Crippen LogP contribution in [-0.4, -0.2) is 70.3 Å². The molecule has 1 aliphatic carbocycles. The fourth-order valence-electron chi connectivity index (χ4n) is 6.77. The Morgan fingerprint density at radius 1 is 0.582 bits per heavy atom. The van der Waals surface area contributed by atoms with Crippen LogP contribution in [0.2, 0.25) is 0 Å². The highest BCUT2D eigenvalue weighted by Crippen LogP contribution is 2.44. The maximum absolute atomic E-state index is 14.6. The quantitative estimate of drug-likeness (QED) is 0.0918. The van der Waals surface area contributed by atoms with Gasteiger partial charge in [0.1, 0.15) is 23.0 Å². The second-order valence-corrected chi connectivity index (χ2v) is 13.3. The smallest absolute Gasteiger partial charge is 0.396 e. The molecule has 0 spiro atoms. The third-order valence-electron chi connectivity index (χ3n) is 9.32. The molecule has 0 heterocycles.